The Morgan fingerprint density at radius 3 is 2.56 bits per heavy atom. The van der Waals surface area contributed by atoms with Gasteiger partial charge in [-0.1, -0.05) is 35.3 Å². The second kappa shape index (κ2) is 10.9. The highest BCUT2D eigenvalue weighted by Gasteiger charge is 2.24. The summed E-state index contributed by atoms with van der Waals surface area (Å²) in [5.41, 5.74) is 2.42. The number of benzene rings is 2. The molecule has 1 heterocycles. The number of nitrogens with zero attached hydrogens (tertiary/aromatic N) is 1. The van der Waals surface area contributed by atoms with Crippen LogP contribution in [0.1, 0.15) is 50.0 Å². The molecule has 1 atom stereocenters. The van der Waals surface area contributed by atoms with E-state index in [-0.39, 0.29) is 12.1 Å². The second-order valence-electron chi connectivity index (χ2n) is 9.01. The molecule has 0 spiro atoms. The summed E-state index contributed by atoms with van der Waals surface area (Å²) < 4.78 is 17.4. The first kappa shape index (κ1) is 24.8. The maximum Gasteiger partial charge on any atom is 0.307 e. The van der Waals surface area contributed by atoms with E-state index in [1.807, 2.05) is 45.9 Å². The lowest BCUT2D eigenvalue weighted by molar-refractivity contribution is -0.155. The first-order valence-electron chi connectivity index (χ1n) is 10.8. The molecular formula is C25H31Cl2NO4. The molecule has 0 N–H and O–H groups in total. The molecular weight excluding hydrogens is 449 g/mol. The van der Waals surface area contributed by atoms with Gasteiger partial charge in [-0.25, -0.2) is 0 Å². The van der Waals surface area contributed by atoms with Gasteiger partial charge in [0.25, 0.3) is 0 Å². The summed E-state index contributed by atoms with van der Waals surface area (Å²) >= 11 is 12.5. The number of rotatable bonds is 7. The van der Waals surface area contributed by atoms with E-state index in [2.05, 4.69) is 11.0 Å². The minimum atomic E-state index is -0.455. The van der Waals surface area contributed by atoms with E-state index < -0.39 is 5.60 Å². The molecule has 3 rings (SSSR count). The maximum absolute atomic E-state index is 12.0. The minimum absolute atomic E-state index is 0.0480. The maximum atomic E-state index is 12.0. The normalized spacial score (nSPS) is 17.2. The monoisotopic (exact) mass is 479 g/mol. The van der Waals surface area contributed by atoms with Crippen LogP contribution in [0.5, 0.6) is 5.75 Å². The van der Waals surface area contributed by atoms with Crippen molar-refractivity contribution in [1.29, 1.82) is 0 Å². The molecule has 2 aromatic rings. The zero-order chi connectivity index (χ0) is 23.3. The van der Waals surface area contributed by atoms with Crippen molar-refractivity contribution in [1.82, 2.24) is 4.90 Å². The fourth-order valence-electron chi connectivity index (χ4n) is 3.60. The Balaban J connectivity index is 1.57. The van der Waals surface area contributed by atoms with Crippen LogP contribution in [0.25, 0.3) is 0 Å². The average molecular weight is 480 g/mol. The molecule has 5 nitrogen and oxygen atoms in total. The van der Waals surface area contributed by atoms with Crippen LogP contribution >= 0.6 is 23.2 Å². The summed E-state index contributed by atoms with van der Waals surface area (Å²) in [5, 5.41) is 1.18. The van der Waals surface area contributed by atoms with Crippen molar-refractivity contribution < 1.29 is 19.0 Å². The molecule has 1 unspecified atom stereocenters. The molecule has 0 radical (unpaired) electrons. The van der Waals surface area contributed by atoms with Gasteiger partial charge in [0.05, 0.1) is 19.1 Å². The van der Waals surface area contributed by atoms with Gasteiger partial charge >= 0.3 is 5.97 Å². The first-order chi connectivity index (χ1) is 15.1. The number of carbonyl (C=O) groups is 1. The SMILES string of the molecule is Cc1cc(C2CN(CCC(=O)OC(C)(C)C)CCO2)ccc1OCc1c(Cl)cccc1Cl. The number of hydrogen-bond acceptors (Lipinski definition) is 5. The highest BCUT2D eigenvalue weighted by molar-refractivity contribution is 6.35. The van der Waals surface area contributed by atoms with Gasteiger partial charge < -0.3 is 14.2 Å². The molecule has 7 heteroatoms. The smallest absolute Gasteiger partial charge is 0.307 e. The third-order valence-electron chi connectivity index (χ3n) is 5.21. The fourth-order valence-corrected chi connectivity index (χ4v) is 4.11. The van der Waals surface area contributed by atoms with Crippen molar-refractivity contribution in [2.75, 3.05) is 26.2 Å². The third-order valence-corrected chi connectivity index (χ3v) is 5.92. The Labute approximate surface area is 200 Å². The van der Waals surface area contributed by atoms with Crippen LogP contribution < -0.4 is 4.74 Å². The lowest BCUT2D eigenvalue weighted by Crippen LogP contribution is -2.40. The highest BCUT2D eigenvalue weighted by atomic mass is 35.5. The van der Waals surface area contributed by atoms with Gasteiger partial charge in [0, 0.05) is 35.2 Å². The Morgan fingerprint density at radius 2 is 1.91 bits per heavy atom. The number of esters is 1. The van der Waals surface area contributed by atoms with E-state index in [0.717, 1.165) is 35.5 Å². The Kier molecular flexibility index (Phi) is 8.45. The van der Waals surface area contributed by atoms with Gasteiger partial charge in [-0.05, 0) is 63.1 Å². The minimum Gasteiger partial charge on any atom is -0.489 e. The second-order valence-corrected chi connectivity index (χ2v) is 9.82. The number of carbonyl (C=O) groups excluding carboxylic acids is 1. The van der Waals surface area contributed by atoms with Gasteiger partial charge in [0.1, 0.15) is 18.0 Å². The van der Waals surface area contributed by atoms with Gasteiger partial charge in [-0.2, -0.15) is 0 Å². The fraction of sp³-hybridized carbons (Fsp3) is 0.480. The molecule has 0 bridgehead atoms. The van der Waals surface area contributed by atoms with Crippen LogP contribution in [0.4, 0.5) is 0 Å². The molecule has 1 fully saturated rings. The van der Waals surface area contributed by atoms with E-state index in [1.165, 1.54) is 0 Å². The molecule has 0 saturated carbocycles. The average Bonchev–Trinajstić information content (AvgIpc) is 2.72. The Hall–Kier alpha value is -1.79. The van der Waals surface area contributed by atoms with Crippen molar-refractivity contribution in [3.8, 4) is 5.75 Å². The summed E-state index contributed by atoms with van der Waals surface area (Å²) in [6.45, 7) is 10.8. The quantitative estimate of drug-likeness (QED) is 0.456. The predicted octanol–water partition coefficient (Wildman–Crippen LogP) is 5.99. The van der Waals surface area contributed by atoms with Crippen LogP contribution in [0, 0.1) is 6.92 Å². The van der Waals surface area contributed by atoms with E-state index in [9.17, 15) is 4.79 Å². The molecule has 0 aliphatic carbocycles. The lowest BCUT2D eigenvalue weighted by atomic mass is 10.0. The van der Waals surface area contributed by atoms with E-state index in [4.69, 9.17) is 37.4 Å². The Bertz CT molecular complexity index is 922. The number of morpholine rings is 1. The van der Waals surface area contributed by atoms with Crippen molar-refractivity contribution in [3.63, 3.8) is 0 Å². The van der Waals surface area contributed by atoms with Crippen molar-refractivity contribution >= 4 is 29.2 Å². The number of ether oxygens (including phenoxy) is 3. The van der Waals surface area contributed by atoms with Crippen molar-refractivity contribution in [2.24, 2.45) is 0 Å². The standard InChI is InChI=1S/C25H31Cl2NO4/c1-17-14-18(8-9-22(17)31-16-19-20(26)6-5-7-21(19)27)23-15-28(12-13-30-23)11-10-24(29)32-25(2,3)4/h5-9,14,23H,10-13,15-16H2,1-4H3. The summed E-state index contributed by atoms with van der Waals surface area (Å²) in [6.07, 6.45) is 0.327. The largest absolute Gasteiger partial charge is 0.489 e. The molecule has 174 valence electrons. The van der Waals surface area contributed by atoms with E-state index in [1.54, 1.807) is 12.1 Å². The number of aryl methyl sites for hydroxylation is 1. The molecule has 2 aromatic carbocycles. The Morgan fingerprint density at radius 1 is 1.19 bits per heavy atom. The van der Waals surface area contributed by atoms with Gasteiger partial charge in [0.15, 0.2) is 0 Å². The lowest BCUT2D eigenvalue weighted by Gasteiger charge is -2.33. The topological polar surface area (TPSA) is 48.0 Å². The van der Waals surface area contributed by atoms with Gasteiger partial charge in [0.2, 0.25) is 0 Å². The van der Waals surface area contributed by atoms with Crippen LogP contribution in [0.3, 0.4) is 0 Å². The molecule has 0 amide bonds. The van der Waals surface area contributed by atoms with Crippen LogP contribution in [-0.2, 0) is 20.9 Å². The molecule has 1 aliphatic rings. The van der Waals surface area contributed by atoms with E-state index in [0.29, 0.717) is 36.2 Å². The highest BCUT2D eigenvalue weighted by Crippen LogP contribution is 2.30. The number of hydrogen-bond donors (Lipinski definition) is 0. The summed E-state index contributed by atoms with van der Waals surface area (Å²) in [6, 6.07) is 11.5. The third kappa shape index (κ3) is 7.11. The van der Waals surface area contributed by atoms with Crippen molar-refractivity contribution in [2.45, 2.75) is 52.4 Å². The summed E-state index contributed by atoms with van der Waals surface area (Å²) in [7, 11) is 0. The summed E-state index contributed by atoms with van der Waals surface area (Å²) in [5.74, 6) is 0.610. The molecule has 32 heavy (non-hydrogen) atoms. The molecule has 0 aromatic heterocycles. The first-order valence-corrected chi connectivity index (χ1v) is 11.6. The molecule has 1 saturated heterocycles. The van der Waals surface area contributed by atoms with Gasteiger partial charge in [-0.3, -0.25) is 9.69 Å². The van der Waals surface area contributed by atoms with Crippen LogP contribution in [-0.4, -0.2) is 42.7 Å². The van der Waals surface area contributed by atoms with E-state index >= 15 is 0 Å². The van der Waals surface area contributed by atoms with Gasteiger partial charge in [-0.15, -0.1) is 0 Å². The number of halogens is 2. The van der Waals surface area contributed by atoms with Crippen LogP contribution in [0.15, 0.2) is 36.4 Å². The van der Waals surface area contributed by atoms with Crippen LogP contribution in [0.2, 0.25) is 10.0 Å². The zero-order valence-electron chi connectivity index (χ0n) is 19.1. The summed E-state index contributed by atoms with van der Waals surface area (Å²) in [4.78, 5) is 14.3. The molecule has 1 aliphatic heterocycles. The van der Waals surface area contributed by atoms with Crippen molar-refractivity contribution in [3.05, 3.63) is 63.1 Å². The predicted molar refractivity (Wildman–Crippen MR) is 128 cm³/mol. The zero-order valence-corrected chi connectivity index (χ0v) is 20.6.